The van der Waals surface area contributed by atoms with Gasteiger partial charge in [0.25, 0.3) is 0 Å². The molecular weight excluding hydrogens is 328 g/mol. The third kappa shape index (κ3) is 6.06. The Labute approximate surface area is 155 Å². The molecule has 0 aliphatic rings. The van der Waals surface area contributed by atoms with Crippen LogP contribution in [0.1, 0.15) is 37.2 Å². The van der Waals surface area contributed by atoms with Crippen LogP contribution in [0.2, 0.25) is 0 Å². The fourth-order valence-electron chi connectivity index (χ4n) is 2.39. The van der Waals surface area contributed by atoms with Gasteiger partial charge in [-0.05, 0) is 30.9 Å². The first-order valence-electron chi connectivity index (χ1n) is 8.99. The summed E-state index contributed by atoms with van der Waals surface area (Å²) in [6.07, 6.45) is 2.59. The summed E-state index contributed by atoms with van der Waals surface area (Å²) in [4.78, 5) is 8.46. The Bertz CT molecular complexity index is 723. The fourth-order valence-corrected chi connectivity index (χ4v) is 2.39. The van der Waals surface area contributed by atoms with Gasteiger partial charge in [-0.15, -0.1) is 0 Å². The molecule has 0 atom stereocenters. The zero-order valence-corrected chi connectivity index (χ0v) is 16.4. The van der Waals surface area contributed by atoms with E-state index in [1.54, 1.807) is 18.1 Å². The van der Waals surface area contributed by atoms with Crippen molar-refractivity contribution in [3.63, 3.8) is 0 Å². The van der Waals surface area contributed by atoms with Crippen LogP contribution in [0.3, 0.4) is 0 Å². The first kappa shape index (κ1) is 19.8. The maximum absolute atomic E-state index is 6.01. The number of aliphatic imine (C=N–C) groups is 1. The maximum Gasteiger partial charge on any atom is 0.191 e. The van der Waals surface area contributed by atoms with Crippen LogP contribution in [0.5, 0.6) is 5.75 Å². The molecule has 1 aromatic carbocycles. The number of benzene rings is 1. The summed E-state index contributed by atoms with van der Waals surface area (Å²) in [6.45, 7) is 8.41. The van der Waals surface area contributed by atoms with Crippen LogP contribution in [0.15, 0.2) is 29.5 Å². The molecule has 26 heavy (non-hydrogen) atoms. The fraction of sp³-hybridized carbons (Fsp3) is 0.526. The molecule has 0 aliphatic heterocycles. The number of rotatable bonds is 8. The summed E-state index contributed by atoms with van der Waals surface area (Å²) in [6, 6.07) is 6.29. The minimum atomic E-state index is 0.557. The molecule has 7 heteroatoms. The standard InChI is InChI=1S/C19H30N6O/c1-14(2)8-9-26-17-10-15(3)6-7-16(17)11-21-19(20-4)22-12-18-23-13-24-25(18)5/h6-7,10,13-14H,8-9,11-12H2,1-5H3,(H2,20,21,22). The van der Waals surface area contributed by atoms with Crippen molar-refractivity contribution in [3.05, 3.63) is 41.5 Å². The predicted octanol–water partition coefficient (Wildman–Crippen LogP) is 2.41. The number of hydrogen-bond acceptors (Lipinski definition) is 4. The Morgan fingerprint density at radius 1 is 1.27 bits per heavy atom. The second kappa shape index (κ2) is 9.79. The van der Waals surface area contributed by atoms with Gasteiger partial charge in [-0.3, -0.25) is 9.67 Å². The lowest BCUT2D eigenvalue weighted by Gasteiger charge is -2.16. The van der Waals surface area contributed by atoms with Crippen LogP contribution in [0.25, 0.3) is 0 Å². The SMILES string of the molecule is CN=C(NCc1ccc(C)cc1OCCC(C)C)NCc1ncnn1C. The molecule has 142 valence electrons. The molecule has 0 saturated heterocycles. The van der Waals surface area contributed by atoms with E-state index in [0.717, 1.165) is 30.2 Å². The largest absolute Gasteiger partial charge is 0.493 e. The molecule has 0 fully saturated rings. The lowest BCUT2D eigenvalue weighted by Crippen LogP contribution is -2.37. The van der Waals surface area contributed by atoms with Gasteiger partial charge < -0.3 is 15.4 Å². The third-order valence-corrected chi connectivity index (χ3v) is 4.06. The van der Waals surface area contributed by atoms with Gasteiger partial charge >= 0.3 is 0 Å². The van der Waals surface area contributed by atoms with E-state index in [1.165, 1.54) is 5.56 Å². The molecule has 2 rings (SSSR count). The molecule has 0 spiro atoms. The van der Waals surface area contributed by atoms with E-state index in [9.17, 15) is 0 Å². The normalized spacial score (nSPS) is 11.7. The summed E-state index contributed by atoms with van der Waals surface area (Å²) in [5.74, 6) is 3.12. The van der Waals surface area contributed by atoms with E-state index < -0.39 is 0 Å². The maximum atomic E-state index is 6.01. The number of hydrogen-bond donors (Lipinski definition) is 2. The van der Waals surface area contributed by atoms with E-state index in [4.69, 9.17) is 4.74 Å². The van der Waals surface area contributed by atoms with Crippen LogP contribution in [-0.2, 0) is 20.1 Å². The summed E-state index contributed by atoms with van der Waals surface area (Å²) < 4.78 is 7.74. The van der Waals surface area contributed by atoms with E-state index >= 15 is 0 Å². The lowest BCUT2D eigenvalue weighted by molar-refractivity contribution is 0.286. The van der Waals surface area contributed by atoms with Gasteiger partial charge in [0.05, 0.1) is 13.2 Å². The predicted molar refractivity (Wildman–Crippen MR) is 104 cm³/mol. The molecule has 1 heterocycles. The molecule has 7 nitrogen and oxygen atoms in total. The summed E-state index contributed by atoms with van der Waals surface area (Å²) in [7, 11) is 3.62. The second-order valence-corrected chi connectivity index (χ2v) is 6.72. The van der Waals surface area contributed by atoms with E-state index in [-0.39, 0.29) is 0 Å². The van der Waals surface area contributed by atoms with Crippen LogP contribution in [0, 0.1) is 12.8 Å². The lowest BCUT2D eigenvalue weighted by atomic mass is 10.1. The number of ether oxygens (including phenoxy) is 1. The second-order valence-electron chi connectivity index (χ2n) is 6.72. The number of guanidine groups is 1. The molecule has 0 unspecified atom stereocenters. The van der Waals surface area contributed by atoms with Gasteiger partial charge in [0.2, 0.25) is 0 Å². The molecule has 0 bridgehead atoms. The van der Waals surface area contributed by atoms with Crippen LogP contribution in [0.4, 0.5) is 0 Å². The van der Waals surface area contributed by atoms with Crippen molar-refractivity contribution in [3.8, 4) is 5.75 Å². The molecule has 0 radical (unpaired) electrons. The molecule has 0 aliphatic carbocycles. The van der Waals surface area contributed by atoms with E-state index in [0.29, 0.717) is 25.0 Å². The molecule has 2 N–H and O–H groups in total. The molecule has 0 amide bonds. The first-order chi connectivity index (χ1) is 12.5. The average molecular weight is 358 g/mol. The minimum Gasteiger partial charge on any atom is -0.493 e. The molecule has 2 aromatic rings. The highest BCUT2D eigenvalue weighted by atomic mass is 16.5. The Balaban J connectivity index is 1.93. The van der Waals surface area contributed by atoms with Gasteiger partial charge in [0.15, 0.2) is 5.96 Å². The average Bonchev–Trinajstić information content (AvgIpc) is 3.01. The number of nitrogens with one attached hydrogen (secondary N) is 2. The van der Waals surface area contributed by atoms with Crippen molar-refractivity contribution in [2.45, 2.75) is 40.3 Å². The van der Waals surface area contributed by atoms with Crippen LogP contribution < -0.4 is 15.4 Å². The third-order valence-electron chi connectivity index (χ3n) is 4.06. The minimum absolute atomic E-state index is 0.557. The Hall–Kier alpha value is -2.57. The topological polar surface area (TPSA) is 76.4 Å². The summed E-state index contributed by atoms with van der Waals surface area (Å²) in [5.41, 5.74) is 2.30. The highest BCUT2D eigenvalue weighted by Crippen LogP contribution is 2.21. The number of nitrogens with zero attached hydrogens (tertiary/aromatic N) is 4. The van der Waals surface area contributed by atoms with Gasteiger partial charge in [0.1, 0.15) is 17.9 Å². The smallest absolute Gasteiger partial charge is 0.191 e. The van der Waals surface area contributed by atoms with Crippen molar-refractivity contribution in [1.82, 2.24) is 25.4 Å². The Kier molecular flexibility index (Phi) is 7.44. The zero-order valence-electron chi connectivity index (χ0n) is 16.4. The quantitative estimate of drug-likeness (QED) is 0.560. The van der Waals surface area contributed by atoms with E-state index in [1.807, 2.05) is 7.05 Å². The highest BCUT2D eigenvalue weighted by molar-refractivity contribution is 5.79. The van der Waals surface area contributed by atoms with Gasteiger partial charge in [-0.25, -0.2) is 4.98 Å². The Morgan fingerprint density at radius 2 is 2.04 bits per heavy atom. The van der Waals surface area contributed by atoms with E-state index in [2.05, 4.69) is 64.7 Å². The number of aromatic nitrogens is 3. The summed E-state index contributed by atoms with van der Waals surface area (Å²) >= 11 is 0. The van der Waals surface area contributed by atoms with Crippen molar-refractivity contribution in [1.29, 1.82) is 0 Å². The van der Waals surface area contributed by atoms with Crippen LogP contribution in [-0.4, -0.2) is 34.4 Å². The van der Waals surface area contributed by atoms with Gasteiger partial charge in [-0.1, -0.05) is 26.0 Å². The van der Waals surface area contributed by atoms with Crippen molar-refractivity contribution in [2.24, 2.45) is 18.0 Å². The van der Waals surface area contributed by atoms with Gasteiger partial charge in [-0.2, -0.15) is 5.10 Å². The van der Waals surface area contributed by atoms with Crippen molar-refractivity contribution < 1.29 is 4.74 Å². The molecule has 0 saturated carbocycles. The van der Waals surface area contributed by atoms with Crippen molar-refractivity contribution in [2.75, 3.05) is 13.7 Å². The highest BCUT2D eigenvalue weighted by Gasteiger charge is 2.07. The summed E-state index contributed by atoms with van der Waals surface area (Å²) in [5, 5.41) is 10.6. The van der Waals surface area contributed by atoms with Crippen molar-refractivity contribution >= 4 is 5.96 Å². The first-order valence-corrected chi connectivity index (χ1v) is 8.99. The molecule has 1 aromatic heterocycles. The van der Waals surface area contributed by atoms with Crippen LogP contribution >= 0.6 is 0 Å². The Morgan fingerprint density at radius 3 is 2.69 bits per heavy atom. The monoisotopic (exact) mass is 358 g/mol. The number of aryl methyl sites for hydroxylation is 2. The van der Waals surface area contributed by atoms with Gasteiger partial charge in [0, 0.05) is 26.2 Å². The zero-order chi connectivity index (χ0) is 18.9. The molecular formula is C19H30N6O.